The van der Waals surface area contributed by atoms with Gasteiger partial charge in [-0.05, 0) is 69.2 Å². The van der Waals surface area contributed by atoms with E-state index in [1.54, 1.807) is 0 Å². The van der Waals surface area contributed by atoms with Crippen molar-refractivity contribution >= 4 is 0 Å². The molecule has 1 saturated carbocycles. The number of ether oxygens (including phenoxy) is 1. The van der Waals surface area contributed by atoms with Gasteiger partial charge < -0.3 is 10.5 Å². The van der Waals surface area contributed by atoms with Crippen molar-refractivity contribution in [3.8, 4) is 5.75 Å². The Bertz CT molecular complexity index is 406. The van der Waals surface area contributed by atoms with Gasteiger partial charge in [-0.25, -0.2) is 0 Å². The van der Waals surface area contributed by atoms with E-state index in [-0.39, 0.29) is 5.60 Å². The highest BCUT2D eigenvalue weighted by atomic mass is 16.5. The average Bonchev–Trinajstić information content (AvgIpc) is 2.75. The van der Waals surface area contributed by atoms with Crippen molar-refractivity contribution in [1.29, 1.82) is 0 Å². The summed E-state index contributed by atoms with van der Waals surface area (Å²) in [5, 5.41) is 0. The van der Waals surface area contributed by atoms with E-state index in [1.165, 1.54) is 29.5 Å². The van der Waals surface area contributed by atoms with Crippen molar-refractivity contribution in [3.63, 3.8) is 0 Å². The smallest absolute Gasteiger partial charge is 0.123 e. The molecule has 2 N–H and O–H groups in total. The molecule has 0 heterocycles. The van der Waals surface area contributed by atoms with Gasteiger partial charge >= 0.3 is 0 Å². The van der Waals surface area contributed by atoms with Crippen LogP contribution in [0.1, 0.15) is 42.4 Å². The summed E-state index contributed by atoms with van der Waals surface area (Å²) in [5.41, 5.74) is 9.63. The molecule has 0 aromatic heterocycles. The Morgan fingerprint density at radius 2 is 1.65 bits per heavy atom. The molecule has 0 radical (unpaired) electrons. The molecular formula is C15H23NO. The van der Waals surface area contributed by atoms with Gasteiger partial charge in [0.2, 0.25) is 0 Å². The first-order valence-corrected chi connectivity index (χ1v) is 6.53. The average molecular weight is 233 g/mol. The van der Waals surface area contributed by atoms with Crippen molar-refractivity contribution < 1.29 is 4.74 Å². The second-order valence-electron chi connectivity index (χ2n) is 5.40. The lowest BCUT2D eigenvalue weighted by Gasteiger charge is -2.30. The fraction of sp³-hybridized carbons (Fsp3) is 0.600. The predicted molar refractivity (Wildman–Crippen MR) is 71.5 cm³/mol. The van der Waals surface area contributed by atoms with Crippen molar-refractivity contribution in [2.45, 2.75) is 52.1 Å². The lowest BCUT2D eigenvalue weighted by atomic mass is 10.0. The zero-order valence-electron chi connectivity index (χ0n) is 11.2. The summed E-state index contributed by atoms with van der Waals surface area (Å²) in [5.74, 6) is 1.01. The van der Waals surface area contributed by atoms with Crippen LogP contribution in [0.2, 0.25) is 0 Å². The van der Waals surface area contributed by atoms with E-state index in [1.807, 2.05) is 0 Å². The van der Waals surface area contributed by atoms with Crippen LogP contribution < -0.4 is 10.5 Å². The van der Waals surface area contributed by atoms with Gasteiger partial charge in [0.15, 0.2) is 0 Å². The highest BCUT2D eigenvalue weighted by Gasteiger charge is 2.35. The van der Waals surface area contributed by atoms with Crippen LogP contribution >= 0.6 is 0 Å². The SMILES string of the molecule is Cc1cc(C)c(OC2(CN)CCCC2)cc1C. The van der Waals surface area contributed by atoms with Gasteiger partial charge in [-0.1, -0.05) is 6.07 Å². The molecule has 1 aliphatic carbocycles. The quantitative estimate of drug-likeness (QED) is 0.869. The van der Waals surface area contributed by atoms with Crippen molar-refractivity contribution in [3.05, 3.63) is 28.8 Å². The van der Waals surface area contributed by atoms with E-state index in [0.717, 1.165) is 18.6 Å². The Hall–Kier alpha value is -1.02. The largest absolute Gasteiger partial charge is 0.486 e. The summed E-state index contributed by atoms with van der Waals surface area (Å²) < 4.78 is 6.25. The van der Waals surface area contributed by atoms with Crippen LogP contribution in [0, 0.1) is 20.8 Å². The van der Waals surface area contributed by atoms with Crippen LogP contribution in [0.25, 0.3) is 0 Å². The normalized spacial score (nSPS) is 18.4. The van der Waals surface area contributed by atoms with Crippen LogP contribution in [0.4, 0.5) is 0 Å². The molecular weight excluding hydrogens is 210 g/mol. The Balaban J connectivity index is 2.26. The molecule has 2 nitrogen and oxygen atoms in total. The Labute approximate surface area is 104 Å². The topological polar surface area (TPSA) is 35.2 Å². The number of benzene rings is 1. The molecule has 1 aromatic carbocycles. The molecule has 0 amide bonds. The molecule has 1 aromatic rings. The van der Waals surface area contributed by atoms with Gasteiger partial charge in [-0.3, -0.25) is 0 Å². The summed E-state index contributed by atoms with van der Waals surface area (Å²) >= 11 is 0. The number of hydrogen-bond acceptors (Lipinski definition) is 2. The molecule has 1 aliphatic rings. The van der Waals surface area contributed by atoms with Crippen LogP contribution in [-0.4, -0.2) is 12.1 Å². The van der Waals surface area contributed by atoms with Crippen molar-refractivity contribution in [1.82, 2.24) is 0 Å². The summed E-state index contributed by atoms with van der Waals surface area (Å²) in [6, 6.07) is 4.35. The van der Waals surface area contributed by atoms with Crippen molar-refractivity contribution in [2.75, 3.05) is 6.54 Å². The van der Waals surface area contributed by atoms with E-state index in [4.69, 9.17) is 10.5 Å². The van der Waals surface area contributed by atoms with Crippen LogP contribution in [0.5, 0.6) is 5.75 Å². The van der Waals surface area contributed by atoms with E-state index < -0.39 is 0 Å². The van der Waals surface area contributed by atoms with Crippen LogP contribution in [0.3, 0.4) is 0 Å². The molecule has 0 spiro atoms. The molecule has 94 valence electrons. The highest BCUT2D eigenvalue weighted by Crippen LogP contribution is 2.35. The molecule has 1 fully saturated rings. The lowest BCUT2D eigenvalue weighted by molar-refractivity contribution is 0.0843. The molecule has 2 heteroatoms. The van der Waals surface area contributed by atoms with Gasteiger partial charge in [0.25, 0.3) is 0 Å². The first-order chi connectivity index (χ1) is 8.06. The molecule has 0 bridgehead atoms. The number of nitrogens with two attached hydrogens (primary N) is 1. The minimum atomic E-state index is -0.105. The molecule has 0 atom stereocenters. The number of rotatable bonds is 3. The minimum absolute atomic E-state index is 0.105. The summed E-state index contributed by atoms with van der Waals surface area (Å²) in [7, 11) is 0. The van der Waals surface area contributed by atoms with E-state index >= 15 is 0 Å². The Kier molecular flexibility index (Phi) is 3.43. The van der Waals surface area contributed by atoms with E-state index in [9.17, 15) is 0 Å². The Morgan fingerprint density at radius 1 is 1.06 bits per heavy atom. The Morgan fingerprint density at radius 3 is 2.24 bits per heavy atom. The zero-order chi connectivity index (χ0) is 12.5. The zero-order valence-corrected chi connectivity index (χ0v) is 11.2. The summed E-state index contributed by atoms with van der Waals surface area (Å²) in [6.07, 6.45) is 4.66. The monoisotopic (exact) mass is 233 g/mol. The molecule has 0 saturated heterocycles. The van der Waals surface area contributed by atoms with Crippen LogP contribution in [-0.2, 0) is 0 Å². The summed E-state index contributed by atoms with van der Waals surface area (Å²) in [4.78, 5) is 0. The van der Waals surface area contributed by atoms with E-state index in [0.29, 0.717) is 6.54 Å². The molecule has 0 aliphatic heterocycles. The third-order valence-electron chi connectivity index (χ3n) is 4.00. The maximum atomic E-state index is 6.25. The van der Waals surface area contributed by atoms with Gasteiger partial charge in [0.1, 0.15) is 11.4 Å². The minimum Gasteiger partial charge on any atom is -0.486 e. The van der Waals surface area contributed by atoms with Crippen LogP contribution in [0.15, 0.2) is 12.1 Å². The number of aryl methyl sites for hydroxylation is 3. The lowest BCUT2D eigenvalue weighted by Crippen LogP contribution is -2.41. The second kappa shape index (κ2) is 4.69. The van der Waals surface area contributed by atoms with Gasteiger partial charge in [-0.15, -0.1) is 0 Å². The highest BCUT2D eigenvalue weighted by molar-refractivity contribution is 5.41. The third kappa shape index (κ3) is 2.47. The third-order valence-corrected chi connectivity index (χ3v) is 4.00. The van der Waals surface area contributed by atoms with E-state index in [2.05, 4.69) is 32.9 Å². The molecule has 17 heavy (non-hydrogen) atoms. The first kappa shape index (κ1) is 12.4. The predicted octanol–water partition coefficient (Wildman–Crippen LogP) is 3.26. The second-order valence-corrected chi connectivity index (χ2v) is 5.40. The maximum absolute atomic E-state index is 6.25. The van der Waals surface area contributed by atoms with Crippen molar-refractivity contribution in [2.24, 2.45) is 5.73 Å². The fourth-order valence-electron chi connectivity index (χ4n) is 2.64. The summed E-state index contributed by atoms with van der Waals surface area (Å²) in [6.45, 7) is 7.01. The molecule has 2 rings (SSSR count). The maximum Gasteiger partial charge on any atom is 0.123 e. The fourth-order valence-corrected chi connectivity index (χ4v) is 2.64. The standard InChI is InChI=1S/C15H23NO/c1-11-8-13(3)14(9-12(11)2)17-15(10-16)6-4-5-7-15/h8-9H,4-7,10,16H2,1-3H3. The van der Waals surface area contributed by atoms with Gasteiger partial charge in [0.05, 0.1) is 0 Å². The first-order valence-electron chi connectivity index (χ1n) is 6.53. The molecule has 0 unspecified atom stereocenters. The van der Waals surface area contributed by atoms with Gasteiger partial charge in [-0.2, -0.15) is 0 Å². The van der Waals surface area contributed by atoms with Gasteiger partial charge in [0, 0.05) is 6.54 Å². The number of hydrogen-bond donors (Lipinski definition) is 1.